The van der Waals surface area contributed by atoms with Crippen LogP contribution in [0.5, 0.6) is 0 Å². The van der Waals surface area contributed by atoms with Crippen LogP contribution < -0.4 is 10.6 Å². The molecule has 0 unspecified atom stereocenters. The number of benzene rings is 1. The number of hydrogen-bond acceptors (Lipinski definition) is 4. The van der Waals surface area contributed by atoms with Crippen molar-refractivity contribution < 1.29 is 14.3 Å². The average Bonchev–Trinajstić information content (AvgIpc) is 2.62. The van der Waals surface area contributed by atoms with Gasteiger partial charge in [0.25, 0.3) is 5.91 Å². The number of amides is 2. The lowest BCUT2D eigenvalue weighted by molar-refractivity contribution is -0.123. The molecule has 6 nitrogen and oxygen atoms in total. The lowest BCUT2D eigenvalue weighted by atomic mass is 9.92. The van der Waals surface area contributed by atoms with E-state index in [0.717, 1.165) is 44.8 Å². The predicted octanol–water partition coefficient (Wildman–Crippen LogP) is 1.25. The van der Waals surface area contributed by atoms with Crippen molar-refractivity contribution in [1.29, 1.82) is 0 Å². The Morgan fingerprint density at radius 2 is 1.79 bits per heavy atom. The summed E-state index contributed by atoms with van der Waals surface area (Å²) in [7, 11) is 0. The second-order valence-electron chi connectivity index (χ2n) is 6.63. The van der Waals surface area contributed by atoms with Gasteiger partial charge >= 0.3 is 0 Å². The average molecular weight is 331 g/mol. The summed E-state index contributed by atoms with van der Waals surface area (Å²) in [5.74, 6) is -0.581. The number of piperidine rings is 1. The van der Waals surface area contributed by atoms with Crippen molar-refractivity contribution in [3.63, 3.8) is 0 Å². The number of anilines is 1. The Balaban J connectivity index is 1.70. The van der Waals surface area contributed by atoms with Gasteiger partial charge in [-0.3, -0.25) is 9.59 Å². The molecule has 2 aliphatic rings. The van der Waals surface area contributed by atoms with E-state index in [1.54, 1.807) is 4.90 Å². The van der Waals surface area contributed by atoms with Crippen LogP contribution in [0.15, 0.2) is 24.3 Å². The van der Waals surface area contributed by atoms with E-state index < -0.39 is 0 Å². The molecular formula is C18H25N3O3. The Morgan fingerprint density at radius 1 is 1.12 bits per heavy atom. The van der Waals surface area contributed by atoms with Gasteiger partial charge in [0, 0.05) is 36.9 Å². The first-order valence-electron chi connectivity index (χ1n) is 8.59. The highest BCUT2D eigenvalue weighted by Gasteiger charge is 2.32. The van der Waals surface area contributed by atoms with Gasteiger partial charge in [-0.25, -0.2) is 0 Å². The van der Waals surface area contributed by atoms with Gasteiger partial charge in [0.2, 0.25) is 5.91 Å². The Morgan fingerprint density at radius 3 is 2.42 bits per heavy atom. The molecule has 2 saturated heterocycles. The van der Waals surface area contributed by atoms with Crippen LogP contribution in [0.3, 0.4) is 0 Å². The highest BCUT2D eigenvalue weighted by Crippen LogP contribution is 2.24. The third kappa shape index (κ3) is 3.53. The second-order valence-corrected chi connectivity index (χ2v) is 6.63. The molecule has 2 atom stereocenters. The molecule has 2 aliphatic heterocycles. The normalized spacial score (nSPS) is 24.7. The highest BCUT2D eigenvalue weighted by atomic mass is 16.5. The minimum absolute atomic E-state index is 0.0259. The fourth-order valence-electron chi connectivity index (χ4n) is 3.42. The van der Waals surface area contributed by atoms with Crippen molar-refractivity contribution >= 4 is 17.5 Å². The largest absolute Gasteiger partial charge is 0.378 e. The zero-order valence-corrected chi connectivity index (χ0v) is 14.1. The first kappa shape index (κ1) is 16.8. The number of morpholine rings is 1. The van der Waals surface area contributed by atoms with Gasteiger partial charge in [0.05, 0.1) is 19.1 Å². The smallest absolute Gasteiger partial charge is 0.254 e. The lowest BCUT2D eigenvalue weighted by Gasteiger charge is -2.37. The van der Waals surface area contributed by atoms with E-state index in [2.05, 4.69) is 4.90 Å². The monoisotopic (exact) mass is 331 g/mol. The quantitative estimate of drug-likeness (QED) is 0.904. The summed E-state index contributed by atoms with van der Waals surface area (Å²) in [5.41, 5.74) is 7.19. The van der Waals surface area contributed by atoms with Crippen LogP contribution in [0.1, 0.15) is 30.1 Å². The minimum atomic E-state index is -0.317. The van der Waals surface area contributed by atoms with Gasteiger partial charge < -0.3 is 20.3 Å². The Hall–Kier alpha value is -2.08. The first-order valence-corrected chi connectivity index (χ1v) is 8.59. The molecule has 1 aromatic carbocycles. The molecular weight excluding hydrogens is 306 g/mol. The van der Waals surface area contributed by atoms with Gasteiger partial charge in [-0.2, -0.15) is 0 Å². The maximum Gasteiger partial charge on any atom is 0.254 e. The van der Waals surface area contributed by atoms with Crippen LogP contribution in [-0.2, 0) is 9.53 Å². The molecule has 2 heterocycles. The van der Waals surface area contributed by atoms with Crippen LogP contribution in [-0.4, -0.2) is 55.6 Å². The van der Waals surface area contributed by atoms with Crippen molar-refractivity contribution in [3.05, 3.63) is 29.8 Å². The number of nitrogens with two attached hydrogens (primary N) is 1. The number of carbonyl (C=O) groups is 2. The summed E-state index contributed by atoms with van der Waals surface area (Å²) >= 11 is 0. The summed E-state index contributed by atoms with van der Waals surface area (Å²) in [4.78, 5) is 28.3. The zero-order chi connectivity index (χ0) is 17.1. The Bertz CT molecular complexity index is 596. The van der Waals surface area contributed by atoms with Crippen LogP contribution in [0.2, 0.25) is 0 Å². The number of primary amides is 1. The molecule has 0 aliphatic carbocycles. The number of hydrogen-bond donors (Lipinski definition) is 1. The molecule has 2 N–H and O–H groups in total. The lowest BCUT2D eigenvalue weighted by Crippen LogP contribution is -2.48. The molecule has 6 heteroatoms. The molecule has 24 heavy (non-hydrogen) atoms. The molecule has 0 spiro atoms. The standard InChI is InChI=1S/C18H25N3O3/c1-13-2-3-15(17(19)22)12-21(13)18(23)14-4-6-16(7-5-14)20-8-10-24-11-9-20/h4-7,13,15H,2-3,8-12H2,1H3,(H2,19,22)/t13-,15-/m0/s1. The number of rotatable bonds is 3. The van der Waals surface area contributed by atoms with Crippen molar-refractivity contribution in [2.24, 2.45) is 11.7 Å². The van der Waals surface area contributed by atoms with Crippen molar-refractivity contribution in [3.8, 4) is 0 Å². The van der Waals surface area contributed by atoms with E-state index in [-0.39, 0.29) is 23.8 Å². The fraction of sp³-hybridized carbons (Fsp3) is 0.556. The van der Waals surface area contributed by atoms with Crippen LogP contribution in [0, 0.1) is 5.92 Å². The summed E-state index contributed by atoms with van der Waals surface area (Å²) < 4.78 is 5.36. The Kier molecular flexibility index (Phi) is 5.04. The van der Waals surface area contributed by atoms with Crippen molar-refractivity contribution in [1.82, 2.24) is 4.90 Å². The SMILES string of the molecule is C[C@H]1CC[C@H](C(N)=O)CN1C(=O)c1ccc(N2CCOCC2)cc1. The van der Waals surface area contributed by atoms with Gasteiger partial charge in [0.15, 0.2) is 0 Å². The maximum absolute atomic E-state index is 12.8. The molecule has 2 amide bonds. The maximum atomic E-state index is 12.8. The van der Waals surface area contributed by atoms with Gasteiger partial charge in [-0.05, 0) is 44.0 Å². The van der Waals surface area contributed by atoms with Crippen LogP contribution in [0.4, 0.5) is 5.69 Å². The van der Waals surface area contributed by atoms with Gasteiger partial charge in [-0.1, -0.05) is 0 Å². The van der Waals surface area contributed by atoms with Gasteiger partial charge in [-0.15, -0.1) is 0 Å². The van der Waals surface area contributed by atoms with E-state index in [4.69, 9.17) is 10.5 Å². The number of nitrogens with zero attached hydrogens (tertiary/aromatic N) is 2. The molecule has 130 valence electrons. The third-order valence-electron chi connectivity index (χ3n) is 5.04. The van der Waals surface area contributed by atoms with Crippen LogP contribution in [0.25, 0.3) is 0 Å². The van der Waals surface area contributed by atoms with Crippen molar-refractivity contribution in [2.75, 3.05) is 37.7 Å². The van der Waals surface area contributed by atoms with Crippen molar-refractivity contribution in [2.45, 2.75) is 25.8 Å². The minimum Gasteiger partial charge on any atom is -0.378 e. The summed E-state index contributed by atoms with van der Waals surface area (Å²) in [6, 6.07) is 7.84. The second kappa shape index (κ2) is 7.21. The van der Waals surface area contributed by atoms with Gasteiger partial charge in [0.1, 0.15) is 0 Å². The van der Waals surface area contributed by atoms with E-state index in [1.165, 1.54) is 0 Å². The topological polar surface area (TPSA) is 75.9 Å². The molecule has 3 rings (SSSR count). The number of ether oxygens (including phenoxy) is 1. The molecule has 0 aromatic heterocycles. The number of likely N-dealkylation sites (tertiary alicyclic amines) is 1. The summed E-state index contributed by atoms with van der Waals surface area (Å²) in [6.45, 7) is 5.66. The Labute approximate surface area is 142 Å². The molecule has 0 saturated carbocycles. The third-order valence-corrected chi connectivity index (χ3v) is 5.04. The first-order chi connectivity index (χ1) is 11.6. The molecule has 1 aromatic rings. The molecule has 0 bridgehead atoms. The van der Waals surface area contributed by atoms with E-state index in [0.29, 0.717) is 12.1 Å². The zero-order valence-electron chi connectivity index (χ0n) is 14.1. The van der Waals surface area contributed by atoms with Crippen LogP contribution >= 0.6 is 0 Å². The van der Waals surface area contributed by atoms with E-state index >= 15 is 0 Å². The van der Waals surface area contributed by atoms with E-state index in [9.17, 15) is 9.59 Å². The fourth-order valence-corrected chi connectivity index (χ4v) is 3.42. The number of carbonyl (C=O) groups excluding carboxylic acids is 2. The highest BCUT2D eigenvalue weighted by molar-refractivity contribution is 5.95. The molecule has 0 radical (unpaired) electrons. The predicted molar refractivity (Wildman–Crippen MR) is 91.9 cm³/mol. The molecule has 2 fully saturated rings. The summed E-state index contributed by atoms with van der Waals surface area (Å²) in [6.07, 6.45) is 1.57. The van der Waals surface area contributed by atoms with E-state index in [1.807, 2.05) is 31.2 Å². The summed E-state index contributed by atoms with van der Waals surface area (Å²) in [5, 5.41) is 0.